The molecule has 1 atom stereocenters. The van der Waals surface area contributed by atoms with E-state index in [9.17, 15) is 18.0 Å². The topological polar surface area (TPSA) is 35.6 Å². The maximum Gasteiger partial charge on any atom is 0.253 e. The maximum absolute atomic E-state index is 14.5. The van der Waals surface area contributed by atoms with E-state index in [-0.39, 0.29) is 22.2 Å². The van der Waals surface area contributed by atoms with Gasteiger partial charge in [-0.1, -0.05) is 12.1 Å². The van der Waals surface area contributed by atoms with Gasteiger partial charge in [-0.2, -0.15) is 0 Å². The number of allylic oxidation sites excluding steroid dienone is 1. The van der Waals surface area contributed by atoms with Crippen molar-refractivity contribution in [2.24, 2.45) is 0 Å². The lowest BCUT2D eigenvalue weighted by atomic mass is 9.93. The standard InChI is InChI=1S/C21H20F3N3OS/c1-11-5-7-14(10-16(11)23)27-12(2)18(20(28)26(3)4)19(25-21(27)29)15-8-6-13(22)9-17(15)24/h5-10,19H,1-4H3,(H,25,29). The molecular weight excluding hydrogens is 399 g/mol. The van der Waals surface area contributed by atoms with Crippen LogP contribution in [-0.4, -0.2) is 30.0 Å². The van der Waals surface area contributed by atoms with Crippen LogP contribution in [0.15, 0.2) is 47.7 Å². The number of halogens is 3. The van der Waals surface area contributed by atoms with E-state index in [1.165, 1.54) is 21.9 Å². The monoisotopic (exact) mass is 419 g/mol. The second kappa shape index (κ2) is 7.87. The summed E-state index contributed by atoms with van der Waals surface area (Å²) in [6.45, 7) is 3.30. The summed E-state index contributed by atoms with van der Waals surface area (Å²) in [6.07, 6.45) is 0. The fraction of sp³-hybridized carbons (Fsp3) is 0.238. The molecule has 1 unspecified atom stereocenters. The number of nitrogens with one attached hydrogen (secondary N) is 1. The molecule has 1 aliphatic heterocycles. The Morgan fingerprint density at radius 2 is 1.76 bits per heavy atom. The lowest BCUT2D eigenvalue weighted by Crippen LogP contribution is -2.49. The van der Waals surface area contributed by atoms with E-state index in [1.54, 1.807) is 40.1 Å². The summed E-state index contributed by atoms with van der Waals surface area (Å²) >= 11 is 5.45. The molecule has 0 fully saturated rings. The molecule has 1 amide bonds. The minimum Gasteiger partial charge on any atom is -0.351 e. The average Bonchev–Trinajstić information content (AvgIpc) is 2.63. The molecule has 1 N–H and O–H groups in total. The van der Waals surface area contributed by atoms with Crippen molar-refractivity contribution in [3.8, 4) is 0 Å². The van der Waals surface area contributed by atoms with Crippen LogP contribution in [0.3, 0.4) is 0 Å². The zero-order valence-electron chi connectivity index (χ0n) is 16.4. The first-order valence-corrected chi connectivity index (χ1v) is 9.26. The number of aryl methyl sites for hydroxylation is 1. The first-order chi connectivity index (χ1) is 13.6. The van der Waals surface area contributed by atoms with Gasteiger partial charge in [0.25, 0.3) is 5.91 Å². The molecule has 0 radical (unpaired) electrons. The Morgan fingerprint density at radius 1 is 1.07 bits per heavy atom. The fourth-order valence-corrected chi connectivity index (χ4v) is 3.62. The van der Waals surface area contributed by atoms with Crippen LogP contribution in [0, 0.1) is 24.4 Å². The Morgan fingerprint density at radius 3 is 2.34 bits per heavy atom. The van der Waals surface area contributed by atoms with Crippen LogP contribution in [0.4, 0.5) is 18.9 Å². The highest BCUT2D eigenvalue weighted by atomic mass is 32.1. The average molecular weight is 419 g/mol. The molecule has 1 heterocycles. The number of rotatable bonds is 3. The predicted molar refractivity (Wildman–Crippen MR) is 110 cm³/mol. The number of nitrogens with zero attached hydrogens (tertiary/aromatic N) is 2. The van der Waals surface area contributed by atoms with Gasteiger partial charge in [0.05, 0.1) is 17.3 Å². The highest BCUT2D eigenvalue weighted by Crippen LogP contribution is 2.35. The molecule has 29 heavy (non-hydrogen) atoms. The SMILES string of the molecule is CC1=C(C(=O)N(C)C)C(c2ccc(F)cc2F)NC(=S)N1c1ccc(C)c(F)c1. The van der Waals surface area contributed by atoms with Gasteiger partial charge in [-0.15, -0.1) is 0 Å². The smallest absolute Gasteiger partial charge is 0.253 e. The number of anilines is 1. The molecule has 0 saturated heterocycles. The normalized spacial score (nSPS) is 16.7. The van der Waals surface area contributed by atoms with E-state index in [4.69, 9.17) is 12.2 Å². The van der Waals surface area contributed by atoms with E-state index in [0.717, 1.165) is 12.1 Å². The van der Waals surface area contributed by atoms with E-state index < -0.39 is 23.5 Å². The molecule has 8 heteroatoms. The van der Waals surface area contributed by atoms with Crippen molar-refractivity contribution in [2.45, 2.75) is 19.9 Å². The van der Waals surface area contributed by atoms with Crippen LogP contribution in [-0.2, 0) is 4.79 Å². The summed E-state index contributed by atoms with van der Waals surface area (Å²) in [6, 6.07) is 6.87. The van der Waals surface area contributed by atoms with Crippen molar-refractivity contribution in [1.82, 2.24) is 10.2 Å². The zero-order chi connectivity index (χ0) is 21.5. The quantitative estimate of drug-likeness (QED) is 0.756. The van der Waals surface area contributed by atoms with Crippen molar-refractivity contribution in [1.29, 1.82) is 0 Å². The van der Waals surface area contributed by atoms with Crippen molar-refractivity contribution in [3.63, 3.8) is 0 Å². The summed E-state index contributed by atoms with van der Waals surface area (Å²) in [5.74, 6) is -2.30. The Balaban J connectivity index is 2.20. The second-order valence-electron chi connectivity index (χ2n) is 7.02. The van der Waals surface area contributed by atoms with E-state index in [1.807, 2.05) is 0 Å². The third-order valence-corrected chi connectivity index (χ3v) is 5.11. The zero-order valence-corrected chi connectivity index (χ0v) is 17.2. The lowest BCUT2D eigenvalue weighted by molar-refractivity contribution is -0.125. The van der Waals surface area contributed by atoms with Gasteiger partial charge in [0.2, 0.25) is 0 Å². The lowest BCUT2D eigenvalue weighted by Gasteiger charge is -2.38. The number of likely N-dealkylation sites (N-methyl/N-ethyl adjacent to an activating group) is 1. The first kappa shape index (κ1) is 20.9. The van der Waals surface area contributed by atoms with Crippen molar-refractivity contribution >= 4 is 28.9 Å². The highest BCUT2D eigenvalue weighted by Gasteiger charge is 2.36. The molecular formula is C21H20F3N3OS. The third kappa shape index (κ3) is 3.85. The summed E-state index contributed by atoms with van der Waals surface area (Å²) in [7, 11) is 3.15. The van der Waals surface area contributed by atoms with Crippen LogP contribution in [0.1, 0.15) is 24.1 Å². The van der Waals surface area contributed by atoms with E-state index in [0.29, 0.717) is 16.9 Å². The molecule has 2 aromatic carbocycles. The van der Waals surface area contributed by atoms with Gasteiger partial charge in [-0.25, -0.2) is 13.2 Å². The van der Waals surface area contributed by atoms with E-state index in [2.05, 4.69) is 5.32 Å². The molecule has 0 spiro atoms. The Bertz CT molecular complexity index is 1040. The number of benzene rings is 2. The van der Waals surface area contributed by atoms with Crippen LogP contribution < -0.4 is 10.2 Å². The predicted octanol–water partition coefficient (Wildman–Crippen LogP) is 4.21. The Hall–Kier alpha value is -2.87. The van der Waals surface area contributed by atoms with Gasteiger partial charge in [0.15, 0.2) is 5.11 Å². The number of amides is 1. The molecule has 0 bridgehead atoms. The molecule has 3 rings (SSSR count). The van der Waals surface area contributed by atoms with Gasteiger partial charge in [-0.05, 0) is 49.8 Å². The van der Waals surface area contributed by atoms with Gasteiger partial charge >= 0.3 is 0 Å². The largest absolute Gasteiger partial charge is 0.351 e. The molecule has 4 nitrogen and oxygen atoms in total. The summed E-state index contributed by atoms with van der Waals surface area (Å²) in [5, 5.41) is 3.13. The van der Waals surface area contributed by atoms with Gasteiger partial charge in [0.1, 0.15) is 17.5 Å². The third-order valence-electron chi connectivity index (χ3n) is 4.81. The highest BCUT2D eigenvalue weighted by molar-refractivity contribution is 7.80. The van der Waals surface area contributed by atoms with Gasteiger partial charge in [-0.3, -0.25) is 9.69 Å². The number of hydrogen-bond donors (Lipinski definition) is 1. The van der Waals surface area contributed by atoms with Crippen LogP contribution >= 0.6 is 12.2 Å². The number of hydrogen-bond acceptors (Lipinski definition) is 2. The molecule has 0 aliphatic carbocycles. The minimum absolute atomic E-state index is 0.0908. The van der Waals surface area contributed by atoms with Crippen LogP contribution in [0.2, 0.25) is 0 Å². The molecule has 152 valence electrons. The summed E-state index contributed by atoms with van der Waals surface area (Å²) in [5.41, 5.74) is 1.67. The van der Waals surface area contributed by atoms with Crippen molar-refractivity contribution < 1.29 is 18.0 Å². The summed E-state index contributed by atoms with van der Waals surface area (Å²) < 4.78 is 42.0. The van der Waals surface area contributed by atoms with Gasteiger partial charge < -0.3 is 10.2 Å². The Labute approximate surface area is 172 Å². The summed E-state index contributed by atoms with van der Waals surface area (Å²) in [4.78, 5) is 15.9. The van der Waals surface area contributed by atoms with Crippen molar-refractivity contribution in [3.05, 3.63) is 76.2 Å². The van der Waals surface area contributed by atoms with Crippen molar-refractivity contribution in [2.75, 3.05) is 19.0 Å². The number of carbonyl (C=O) groups is 1. The van der Waals surface area contributed by atoms with Crippen LogP contribution in [0.25, 0.3) is 0 Å². The number of thiocarbonyl (C=S) groups is 1. The molecule has 0 aromatic heterocycles. The number of carbonyl (C=O) groups excluding carboxylic acids is 1. The van der Waals surface area contributed by atoms with E-state index >= 15 is 0 Å². The second-order valence-corrected chi connectivity index (χ2v) is 7.40. The maximum atomic E-state index is 14.5. The minimum atomic E-state index is -0.912. The Kier molecular flexibility index (Phi) is 5.66. The molecule has 2 aromatic rings. The first-order valence-electron chi connectivity index (χ1n) is 8.86. The fourth-order valence-electron chi connectivity index (χ4n) is 3.26. The molecule has 1 aliphatic rings. The molecule has 0 saturated carbocycles. The van der Waals surface area contributed by atoms with Crippen LogP contribution in [0.5, 0.6) is 0 Å². The van der Waals surface area contributed by atoms with Gasteiger partial charge in [0, 0.05) is 31.4 Å².